The van der Waals surface area contributed by atoms with Crippen molar-refractivity contribution in [1.82, 2.24) is 4.90 Å². The Morgan fingerprint density at radius 3 is 2.78 bits per heavy atom. The van der Waals surface area contributed by atoms with Crippen molar-refractivity contribution in [3.63, 3.8) is 0 Å². The molecule has 1 aliphatic carbocycles. The van der Waals surface area contributed by atoms with Crippen molar-refractivity contribution in [1.29, 1.82) is 0 Å². The fraction of sp³-hybridized carbons (Fsp3) is 0.875. The molecule has 2 fully saturated rings. The molecular formula is C8H14N. The summed E-state index contributed by atoms with van der Waals surface area (Å²) in [4.78, 5) is 2.61. The molecule has 0 spiro atoms. The second-order valence-corrected chi connectivity index (χ2v) is 3.16. The molecule has 1 radical (unpaired) electrons. The zero-order chi connectivity index (χ0) is 6.10. The number of likely N-dealkylation sites (tertiary alicyclic amines) is 1. The molecule has 2 aliphatic rings. The molecule has 1 nitrogen and oxygen atoms in total. The van der Waals surface area contributed by atoms with Gasteiger partial charge in [-0.3, -0.25) is 0 Å². The van der Waals surface area contributed by atoms with Crippen LogP contribution in [0.1, 0.15) is 25.7 Å². The van der Waals surface area contributed by atoms with E-state index in [1.165, 1.54) is 38.8 Å². The van der Waals surface area contributed by atoms with Crippen LogP contribution in [0.4, 0.5) is 0 Å². The molecule has 2 rings (SSSR count). The van der Waals surface area contributed by atoms with Crippen molar-refractivity contribution in [3.8, 4) is 0 Å². The zero-order valence-corrected chi connectivity index (χ0v) is 5.84. The summed E-state index contributed by atoms with van der Waals surface area (Å²) in [6, 6.07) is 0.988. The SMILES string of the molecule is [CH]1CCCN(C2CC2)C1. The fourth-order valence-corrected chi connectivity index (χ4v) is 1.56. The van der Waals surface area contributed by atoms with E-state index in [2.05, 4.69) is 11.3 Å². The van der Waals surface area contributed by atoms with E-state index in [0.717, 1.165) is 6.04 Å². The smallest absolute Gasteiger partial charge is 0.00965 e. The fourth-order valence-electron chi connectivity index (χ4n) is 1.56. The van der Waals surface area contributed by atoms with Gasteiger partial charge in [-0.05, 0) is 38.6 Å². The second-order valence-electron chi connectivity index (χ2n) is 3.16. The maximum Gasteiger partial charge on any atom is 0.00965 e. The first-order valence-electron chi connectivity index (χ1n) is 4.02. The average molecular weight is 124 g/mol. The van der Waals surface area contributed by atoms with Gasteiger partial charge in [0.25, 0.3) is 0 Å². The molecule has 0 amide bonds. The standard InChI is InChI=1S/C8H14N/c1-2-6-9(7-3-1)8-4-5-8/h2,8H,1,3-7H2. The quantitative estimate of drug-likeness (QED) is 0.511. The molecule has 9 heavy (non-hydrogen) atoms. The highest BCUT2D eigenvalue weighted by atomic mass is 15.2. The van der Waals surface area contributed by atoms with Crippen LogP contribution >= 0.6 is 0 Å². The number of piperidine rings is 1. The van der Waals surface area contributed by atoms with Crippen molar-refractivity contribution in [2.24, 2.45) is 0 Å². The Balaban J connectivity index is 1.80. The Kier molecular flexibility index (Phi) is 1.46. The van der Waals surface area contributed by atoms with Crippen LogP contribution in [-0.2, 0) is 0 Å². The topological polar surface area (TPSA) is 3.24 Å². The normalized spacial score (nSPS) is 30.7. The Bertz CT molecular complexity index is 90.7. The van der Waals surface area contributed by atoms with E-state index in [9.17, 15) is 0 Å². The number of rotatable bonds is 1. The van der Waals surface area contributed by atoms with Crippen molar-refractivity contribution < 1.29 is 0 Å². The van der Waals surface area contributed by atoms with E-state index in [4.69, 9.17) is 0 Å². The van der Waals surface area contributed by atoms with Crippen LogP contribution in [0.3, 0.4) is 0 Å². The summed E-state index contributed by atoms with van der Waals surface area (Å²) in [7, 11) is 0. The summed E-state index contributed by atoms with van der Waals surface area (Å²) >= 11 is 0. The second kappa shape index (κ2) is 2.30. The highest BCUT2D eigenvalue weighted by Crippen LogP contribution is 2.28. The van der Waals surface area contributed by atoms with Crippen molar-refractivity contribution in [3.05, 3.63) is 6.42 Å². The van der Waals surface area contributed by atoms with Gasteiger partial charge in [0.1, 0.15) is 0 Å². The summed E-state index contributed by atoms with van der Waals surface area (Å²) in [5.41, 5.74) is 0. The van der Waals surface area contributed by atoms with Gasteiger partial charge >= 0.3 is 0 Å². The lowest BCUT2D eigenvalue weighted by molar-refractivity contribution is 0.253. The Labute approximate surface area is 57.0 Å². The first kappa shape index (κ1) is 5.72. The minimum absolute atomic E-state index is 0.988. The zero-order valence-electron chi connectivity index (χ0n) is 5.84. The third-order valence-corrected chi connectivity index (χ3v) is 2.28. The molecule has 0 aromatic heterocycles. The largest absolute Gasteiger partial charge is 0.300 e. The molecule has 0 aromatic carbocycles. The van der Waals surface area contributed by atoms with Crippen LogP contribution in [0.5, 0.6) is 0 Å². The highest BCUT2D eigenvalue weighted by molar-refractivity contribution is 4.89. The molecule has 0 aromatic rings. The van der Waals surface area contributed by atoms with Crippen molar-refractivity contribution in [2.75, 3.05) is 13.1 Å². The van der Waals surface area contributed by atoms with E-state index < -0.39 is 0 Å². The maximum absolute atomic E-state index is 2.61. The van der Waals surface area contributed by atoms with Crippen molar-refractivity contribution in [2.45, 2.75) is 31.7 Å². The molecular weight excluding hydrogens is 110 g/mol. The number of hydrogen-bond acceptors (Lipinski definition) is 1. The van der Waals surface area contributed by atoms with Crippen LogP contribution in [0, 0.1) is 6.42 Å². The van der Waals surface area contributed by atoms with Gasteiger partial charge < -0.3 is 4.90 Å². The van der Waals surface area contributed by atoms with Gasteiger partial charge in [-0.25, -0.2) is 0 Å². The highest BCUT2D eigenvalue weighted by Gasteiger charge is 2.29. The summed E-state index contributed by atoms with van der Waals surface area (Å²) < 4.78 is 0. The van der Waals surface area contributed by atoms with Gasteiger partial charge in [0.2, 0.25) is 0 Å². The predicted molar refractivity (Wildman–Crippen MR) is 38.1 cm³/mol. The van der Waals surface area contributed by atoms with Crippen LogP contribution in [0.2, 0.25) is 0 Å². The average Bonchev–Trinajstić information content (AvgIpc) is 2.71. The summed E-state index contributed by atoms with van der Waals surface area (Å²) in [5, 5.41) is 0. The molecule has 1 aliphatic heterocycles. The van der Waals surface area contributed by atoms with E-state index in [0.29, 0.717) is 0 Å². The van der Waals surface area contributed by atoms with Gasteiger partial charge in [-0.2, -0.15) is 0 Å². The van der Waals surface area contributed by atoms with Gasteiger partial charge in [0, 0.05) is 12.6 Å². The molecule has 51 valence electrons. The minimum Gasteiger partial charge on any atom is -0.300 e. The molecule has 1 saturated carbocycles. The molecule has 0 atom stereocenters. The molecule has 1 heterocycles. The minimum atomic E-state index is 0.988. The summed E-state index contributed by atoms with van der Waals surface area (Å²) in [6.07, 6.45) is 8.10. The summed E-state index contributed by atoms with van der Waals surface area (Å²) in [5.74, 6) is 0. The molecule has 1 saturated heterocycles. The Morgan fingerprint density at radius 2 is 2.22 bits per heavy atom. The predicted octanol–water partition coefficient (Wildman–Crippen LogP) is 1.45. The Morgan fingerprint density at radius 1 is 1.33 bits per heavy atom. The number of nitrogens with zero attached hydrogens (tertiary/aromatic N) is 1. The first-order valence-corrected chi connectivity index (χ1v) is 4.02. The van der Waals surface area contributed by atoms with Gasteiger partial charge in [-0.1, -0.05) is 0 Å². The van der Waals surface area contributed by atoms with Gasteiger partial charge in [0.15, 0.2) is 0 Å². The summed E-state index contributed by atoms with van der Waals surface area (Å²) in [6.45, 7) is 2.63. The third-order valence-electron chi connectivity index (χ3n) is 2.28. The first-order chi connectivity index (χ1) is 4.47. The molecule has 0 N–H and O–H groups in total. The maximum atomic E-state index is 2.61. The van der Waals surface area contributed by atoms with E-state index in [1.54, 1.807) is 0 Å². The number of hydrogen-bond donors (Lipinski definition) is 0. The van der Waals surface area contributed by atoms with E-state index >= 15 is 0 Å². The monoisotopic (exact) mass is 124 g/mol. The van der Waals surface area contributed by atoms with Crippen LogP contribution in [-0.4, -0.2) is 24.0 Å². The molecule has 1 heteroatoms. The Hall–Kier alpha value is -0.0400. The lowest BCUT2D eigenvalue weighted by Crippen LogP contribution is -2.31. The van der Waals surface area contributed by atoms with Crippen LogP contribution in [0.25, 0.3) is 0 Å². The molecule has 0 unspecified atom stereocenters. The van der Waals surface area contributed by atoms with E-state index in [1.807, 2.05) is 0 Å². The third kappa shape index (κ3) is 1.26. The van der Waals surface area contributed by atoms with Crippen LogP contribution < -0.4 is 0 Å². The van der Waals surface area contributed by atoms with E-state index in [-0.39, 0.29) is 0 Å². The van der Waals surface area contributed by atoms with Gasteiger partial charge in [0.05, 0.1) is 0 Å². The van der Waals surface area contributed by atoms with Crippen molar-refractivity contribution >= 4 is 0 Å². The lowest BCUT2D eigenvalue weighted by Gasteiger charge is -2.25. The van der Waals surface area contributed by atoms with Crippen LogP contribution in [0.15, 0.2) is 0 Å². The lowest BCUT2D eigenvalue weighted by atomic mass is 10.1. The molecule has 0 bridgehead atoms. The van der Waals surface area contributed by atoms with Gasteiger partial charge in [-0.15, -0.1) is 0 Å².